The first-order valence-corrected chi connectivity index (χ1v) is 7.62. The Morgan fingerprint density at radius 1 is 1.29 bits per heavy atom. The zero-order valence-corrected chi connectivity index (χ0v) is 13.8. The van der Waals surface area contributed by atoms with Crippen LogP contribution in [0.1, 0.15) is 26.6 Å². The van der Waals surface area contributed by atoms with Gasteiger partial charge in [-0.1, -0.05) is 0 Å². The number of rotatable bonds is 5. The Kier molecular flexibility index (Phi) is 5.36. The standard InChI is InChI=1S/C15H27N5O/c1-6-16-13-7-15(18-14(17-13)10-21-5)20-8-11(2)19(4)12(3)9-20/h7,11-12H,6,8-10H2,1-5H3,(H,16,17,18). The Labute approximate surface area is 127 Å². The van der Waals surface area contributed by atoms with Crippen LogP contribution in [-0.4, -0.2) is 60.7 Å². The van der Waals surface area contributed by atoms with Crippen LogP contribution in [0.5, 0.6) is 0 Å². The van der Waals surface area contributed by atoms with E-state index in [1.807, 2.05) is 6.07 Å². The number of anilines is 2. The van der Waals surface area contributed by atoms with E-state index in [4.69, 9.17) is 4.74 Å². The second-order valence-electron chi connectivity index (χ2n) is 5.76. The van der Waals surface area contributed by atoms with Gasteiger partial charge >= 0.3 is 0 Å². The summed E-state index contributed by atoms with van der Waals surface area (Å²) < 4.78 is 5.18. The van der Waals surface area contributed by atoms with Gasteiger partial charge in [-0.3, -0.25) is 4.90 Å². The fourth-order valence-corrected chi connectivity index (χ4v) is 2.70. The second-order valence-corrected chi connectivity index (χ2v) is 5.76. The van der Waals surface area contributed by atoms with E-state index in [0.717, 1.165) is 37.1 Å². The molecule has 0 radical (unpaired) electrons. The number of aromatic nitrogens is 2. The minimum atomic E-state index is 0.436. The van der Waals surface area contributed by atoms with Crippen LogP contribution in [0.3, 0.4) is 0 Å². The molecule has 2 unspecified atom stereocenters. The summed E-state index contributed by atoms with van der Waals surface area (Å²) in [6.07, 6.45) is 0. The number of ether oxygens (including phenoxy) is 1. The first-order chi connectivity index (χ1) is 10.0. The molecule has 0 bridgehead atoms. The summed E-state index contributed by atoms with van der Waals surface area (Å²) in [6.45, 7) is 9.82. The van der Waals surface area contributed by atoms with Crippen molar-refractivity contribution in [2.45, 2.75) is 39.5 Å². The Hall–Kier alpha value is -1.40. The van der Waals surface area contributed by atoms with Crippen LogP contribution in [-0.2, 0) is 11.3 Å². The number of likely N-dealkylation sites (N-methyl/N-ethyl adjacent to an activating group) is 1. The lowest BCUT2D eigenvalue weighted by Gasteiger charge is -2.43. The van der Waals surface area contributed by atoms with Gasteiger partial charge in [0.1, 0.15) is 18.2 Å². The average molecular weight is 293 g/mol. The fraction of sp³-hybridized carbons (Fsp3) is 0.733. The molecule has 6 nitrogen and oxygen atoms in total. The van der Waals surface area contributed by atoms with Crippen molar-refractivity contribution in [3.05, 3.63) is 11.9 Å². The highest BCUT2D eigenvalue weighted by Crippen LogP contribution is 2.22. The summed E-state index contributed by atoms with van der Waals surface area (Å²) in [4.78, 5) is 13.9. The van der Waals surface area contributed by atoms with Gasteiger partial charge in [0.15, 0.2) is 5.82 Å². The Morgan fingerprint density at radius 3 is 2.52 bits per heavy atom. The van der Waals surface area contributed by atoms with E-state index in [-0.39, 0.29) is 0 Å². The molecule has 21 heavy (non-hydrogen) atoms. The molecule has 1 aliphatic heterocycles. The van der Waals surface area contributed by atoms with Gasteiger partial charge in [-0.05, 0) is 27.8 Å². The average Bonchev–Trinajstić information content (AvgIpc) is 2.44. The quantitative estimate of drug-likeness (QED) is 0.889. The minimum absolute atomic E-state index is 0.436. The summed E-state index contributed by atoms with van der Waals surface area (Å²) in [5.74, 6) is 2.58. The highest BCUT2D eigenvalue weighted by atomic mass is 16.5. The first kappa shape index (κ1) is 16.0. The van der Waals surface area contributed by atoms with Crippen molar-refractivity contribution in [1.29, 1.82) is 0 Å². The molecular formula is C15H27N5O. The van der Waals surface area contributed by atoms with Crippen LogP contribution < -0.4 is 10.2 Å². The number of piperazine rings is 1. The van der Waals surface area contributed by atoms with Gasteiger partial charge in [-0.25, -0.2) is 9.97 Å². The van der Waals surface area contributed by atoms with Crippen molar-refractivity contribution in [3.8, 4) is 0 Å². The lowest BCUT2D eigenvalue weighted by Crippen LogP contribution is -2.55. The highest BCUT2D eigenvalue weighted by molar-refractivity contribution is 5.50. The Balaban J connectivity index is 2.25. The van der Waals surface area contributed by atoms with Crippen LogP contribution in [0.25, 0.3) is 0 Å². The van der Waals surface area contributed by atoms with E-state index in [2.05, 4.69) is 52.9 Å². The molecule has 1 aliphatic rings. The molecule has 1 saturated heterocycles. The van der Waals surface area contributed by atoms with Crippen molar-refractivity contribution in [3.63, 3.8) is 0 Å². The molecule has 1 N–H and O–H groups in total. The number of nitrogens with zero attached hydrogens (tertiary/aromatic N) is 4. The van der Waals surface area contributed by atoms with E-state index in [0.29, 0.717) is 18.7 Å². The van der Waals surface area contributed by atoms with E-state index in [1.54, 1.807) is 7.11 Å². The van der Waals surface area contributed by atoms with Crippen molar-refractivity contribution < 1.29 is 4.74 Å². The number of hydrogen-bond donors (Lipinski definition) is 1. The van der Waals surface area contributed by atoms with Gasteiger partial charge in [0.2, 0.25) is 0 Å². The molecule has 2 atom stereocenters. The predicted molar refractivity (Wildman–Crippen MR) is 85.8 cm³/mol. The summed E-state index contributed by atoms with van der Waals surface area (Å²) >= 11 is 0. The molecule has 2 heterocycles. The molecule has 0 saturated carbocycles. The van der Waals surface area contributed by atoms with E-state index in [1.165, 1.54) is 0 Å². The van der Waals surface area contributed by atoms with Gasteiger partial charge in [-0.2, -0.15) is 0 Å². The molecule has 1 aromatic heterocycles. The molecule has 2 rings (SSSR count). The second kappa shape index (κ2) is 7.04. The monoisotopic (exact) mass is 293 g/mol. The van der Waals surface area contributed by atoms with Crippen LogP contribution in [0.2, 0.25) is 0 Å². The highest BCUT2D eigenvalue weighted by Gasteiger charge is 2.27. The van der Waals surface area contributed by atoms with Crippen LogP contribution in [0, 0.1) is 0 Å². The smallest absolute Gasteiger partial charge is 0.158 e. The normalized spacial score (nSPS) is 23.4. The van der Waals surface area contributed by atoms with Gasteiger partial charge in [0, 0.05) is 44.9 Å². The van der Waals surface area contributed by atoms with Crippen molar-refractivity contribution in [2.75, 3.05) is 44.0 Å². The Morgan fingerprint density at radius 2 is 1.95 bits per heavy atom. The lowest BCUT2D eigenvalue weighted by atomic mass is 10.1. The molecule has 118 valence electrons. The minimum Gasteiger partial charge on any atom is -0.377 e. The van der Waals surface area contributed by atoms with Crippen molar-refractivity contribution >= 4 is 11.6 Å². The number of methoxy groups -OCH3 is 1. The van der Waals surface area contributed by atoms with E-state index < -0.39 is 0 Å². The van der Waals surface area contributed by atoms with Gasteiger partial charge in [0.05, 0.1) is 0 Å². The Bertz CT molecular complexity index is 431. The third kappa shape index (κ3) is 3.83. The molecule has 0 spiro atoms. The topological polar surface area (TPSA) is 53.5 Å². The van der Waals surface area contributed by atoms with Crippen LogP contribution >= 0.6 is 0 Å². The largest absolute Gasteiger partial charge is 0.377 e. The SMILES string of the molecule is CCNc1cc(N2CC(C)N(C)C(C)C2)nc(COC)n1. The zero-order chi connectivity index (χ0) is 15.4. The number of nitrogens with one attached hydrogen (secondary N) is 1. The van der Waals surface area contributed by atoms with E-state index in [9.17, 15) is 0 Å². The molecule has 1 fully saturated rings. The molecule has 0 aromatic carbocycles. The predicted octanol–water partition coefficient (Wildman–Crippen LogP) is 1.58. The maximum absolute atomic E-state index is 5.18. The first-order valence-electron chi connectivity index (χ1n) is 7.62. The summed E-state index contributed by atoms with van der Waals surface area (Å²) in [5.41, 5.74) is 0. The van der Waals surface area contributed by atoms with Gasteiger partial charge in [-0.15, -0.1) is 0 Å². The fourth-order valence-electron chi connectivity index (χ4n) is 2.70. The van der Waals surface area contributed by atoms with Crippen molar-refractivity contribution in [2.24, 2.45) is 0 Å². The summed E-state index contributed by atoms with van der Waals surface area (Å²) in [6, 6.07) is 3.06. The van der Waals surface area contributed by atoms with Crippen LogP contribution in [0.15, 0.2) is 6.07 Å². The third-order valence-electron chi connectivity index (χ3n) is 4.07. The number of hydrogen-bond acceptors (Lipinski definition) is 6. The maximum Gasteiger partial charge on any atom is 0.158 e. The molecule has 6 heteroatoms. The maximum atomic E-state index is 5.18. The van der Waals surface area contributed by atoms with Gasteiger partial charge < -0.3 is 15.0 Å². The molecule has 0 aliphatic carbocycles. The molecule has 1 aromatic rings. The van der Waals surface area contributed by atoms with Gasteiger partial charge in [0.25, 0.3) is 0 Å². The third-order valence-corrected chi connectivity index (χ3v) is 4.07. The zero-order valence-electron chi connectivity index (χ0n) is 13.8. The van der Waals surface area contributed by atoms with E-state index >= 15 is 0 Å². The molecular weight excluding hydrogens is 266 g/mol. The lowest BCUT2D eigenvalue weighted by molar-refractivity contribution is 0.168. The van der Waals surface area contributed by atoms with Crippen molar-refractivity contribution in [1.82, 2.24) is 14.9 Å². The summed E-state index contributed by atoms with van der Waals surface area (Å²) in [7, 11) is 3.86. The van der Waals surface area contributed by atoms with Crippen LogP contribution in [0.4, 0.5) is 11.6 Å². The molecule has 0 amide bonds. The summed E-state index contributed by atoms with van der Waals surface area (Å²) in [5, 5.41) is 3.27.